The predicted octanol–water partition coefficient (Wildman–Crippen LogP) is 3.57. The van der Waals surface area contributed by atoms with Crippen molar-refractivity contribution < 1.29 is 18.7 Å². The summed E-state index contributed by atoms with van der Waals surface area (Å²) in [7, 11) is 0. The van der Waals surface area contributed by atoms with Gasteiger partial charge in [0.25, 0.3) is 0 Å². The van der Waals surface area contributed by atoms with E-state index in [1.165, 1.54) is 6.20 Å². The highest BCUT2D eigenvalue weighted by molar-refractivity contribution is 5.93. The summed E-state index contributed by atoms with van der Waals surface area (Å²) in [6.45, 7) is 4.25. The number of rotatable bonds is 7. The maximum Gasteiger partial charge on any atom is 0.339 e. The number of carbonyl (C=O) groups excluding carboxylic acids is 2. The van der Waals surface area contributed by atoms with E-state index in [9.17, 15) is 9.59 Å². The Bertz CT molecular complexity index is 1310. The van der Waals surface area contributed by atoms with Crippen LogP contribution in [-0.4, -0.2) is 50.3 Å². The number of nitrogens with zero attached hydrogens (tertiary/aromatic N) is 5. The zero-order chi connectivity index (χ0) is 23.9. The highest BCUT2D eigenvalue weighted by Gasteiger charge is 2.19. The molecular formula is C23H21N7O4. The molecule has 0 unspecified atom stereocenters. The van der Waals surface area contributed by atoms with Gasteiger partial charge in [0.1, 0.15) is 5.82 Å². The van der Waals surface area contributed by atoms with E-state index in [0.29, 0.717) is 34.7 Å². The molecular weight excluding hydrogens is 438 g/mol. The van der Waals surface area contributed by atoms with Gasteiger partial charge in [0.2, 0.25) is 11.8 Å². The topological polar surface area (TPSA) is 145 Å². The minimum atomic E-state index is -0.487. The molecule has 11 nitrogen and oxygen atoms in total. The number of urea groups is 1. The molecule has 0 fully saturated rings. The molecule has 4 heterocycles. The van der Waals surface area contributed by atoms with Gasteiger partial charge in [-0.15, -0.1) is 10.2 Å². The van der Waals surface area contributed by atoms with Gasteiger partial charge in [0, 0.05) is 54.2 Å². The van der Waals surface area contributed by atoms with Crippen molar-refractivity contribution in [3.63, 3.8) is 0 Å². The minimum absolute atomic E-state index is 0.199. The van der Waals surface area contributed by atoms with Gasteiger partial charge in [0.15, 0.2) is 0 Å². The first-order valence-corrected chi connectivity index (χ1v) is 10.5. The number of hydrogen-bond donors (Lipinski definition) is 2. The van der Waals surface area contributed by atoms with Crippen LogP contribution in [0.2, 0.25) is 0 Å². The Kier molecular flexibility index (Phi) is 6.82. The van der Waals surface area contributed by atoms with Crippen molar-refractivity contribution >= 4 is 17.8 Å². The molecule has 0 atom stereocenters. The van der Waals surface area contributed by atoms with Crippen LogP contribution in [0, 0.1) is 0 Å². The second-order valence-electron chi connectivity index (χ2n) is 6.93. The number of pyridine rings is 3. The summed E-state index contributed by atoms with van der Waals surface area (Å²) >= 11 is 0. The van der Waals surface area contributed by atoms with Gasteiger partial charge in [-0.3, -0.25) is 15.3 Å². The minimum Gasteiger partial charge on any atom is -0.462 e. The number of amides is 2. The van der Waals surface area contributed by atoms with Crippen molar-refractivity contribution in [1.29, 1.82) is 0 Å². The van der Waals surface area contributed by atoms with Crippen LogP contribution in [-0.2, 0) is 4.74 Å². The molecule has 2 N–H and O–H groups in total. The normalized spacial score (nSPS) is 10.5. The Labute approximate surface area is 194 Å². The molecule has 0 saturated carbocycles. The van der Waals surface area contributed by atoms with E-state index in [4.69, 9.17) is 9.15 Å². The molecule has 0 aromatic carbocycles. The average molecular weight is 459 g/mol. The van der Waals surface area contributed by atoms with Crippen LogP contribution in [0.3, 0.4) is 0 Å². The average Bonchev–Trinajstić information content (AvgIpc) is 3.35. The summed E-state index contributed by atoms with van der Waals surface area (Å²) in [6.07, 6.45) is 7.79. The van der Waals surface area contributed by atoms with E-state index in [0.717, 1.165) is 0 Å². The standard InChI is InChI=1S/C23H21N7O4/c1-3-26-23(32)28-19-10-17(21-30-29-20(34-21)14-5-7-24-8-6-14)18(13-27-19)15-9-16(12-25-11-15)22(31)33-4-2/h5-13H,3-4H2,1-2H3,(H2,26,27,28,32). The van der Waals surface area contributed by atoms with Gasteiger partial charge in [-0.05, 0) is 38.1 Å². The third-order valence-corrected chi connectivity index (χ3v) is 4.63. The Morgan fingerprint density at radius 1 is 0.941 bits per heavy atom. The number of carbonyl (C=O) groups is 2. The first-order chi connectivity index (χ1) is 16.6. The van der Waals surface area contributed by atoms with Gasteiger partial charge < -0.3 is 14.5 Å². The first kappa shape index (κ1) is 22.5. The molecule has 172 valence electrons. The quantitative estimate of drug-likeness (QED) is 0.396. The van der Waals surface area contributed by atoms with Gasteiger partial charge in [-0.25, -0.2) is 14.6 Å². The molecule has 0 bridgehead atoms. The van der Waals surface area contributed by atoms with Crippen LogP contribution in [0.15, 0.2) is 59.7 Å². The number of ether oxygens (including phenoxy) is 1. The monoisotopic (exact) mass is 459 g/mol. The molecule has 11 heteroatoms. The van der Waals surface area contributed by atoms with Crippen molar-refractivity contribution in [1.82, 2.24) is 30.5 Å². The zero-order valence-corrected chi connectivity index (χ0v) is 18.5. The lowest BCUT2D eigenvalue weighted by Gasteiger charge is -2.11. The lowest BCUT2D eigenvalue weighted by atomic mass is 10.0. The number of esters is 1. The lowest BCUT2D eigenvalue weighted by molar-refractivity contribution is 0.0526. The van der Waals surface area contributed by atoms with E-state index in [1.807, 2.05) is 6.92 Å². The summed E-state index contributed by atoms with van der Waals surface area (Å²) in [6, 6.07) is 6.36. The highest BCUT2D eigenvalue weighted by atomic mass is 16.5. The van der Waals surface area contributed by atoms with Gasteiger partial charge in [-0.2, -0.15) is 0 Å². The van der Waals surface area contributed by atoms with Crippen molar-refractivity contribution in [2.75, 3.05) is 18.5 Å². The summed E-state index contributed by atoms with van der Waals surface area (Å²) in [4.78, 5) is 36.7. The zero-order valence-electron chi connectivity index (χ0n) is 18.5. The fourth-order valence-corrected chi connectivity index (χ4v) is 3.11. The summed E-state index contributed by atoms with van der Waals surface area (Å²) in [5.74, 6) is 0.294. The Morgan fingerprint density at radius 3 is 2.50 bits per heavy atom. The van der Waals surface area contributed by atoms with E-state index in [-0.39, 0.29) is 23.9 Å². The highest BCUT2D eigenvalue weighted by Crippen LogP contribution is 2.34. The molecule has 4 aromatic rings. The van der Waals surface area contributed by atoms with E-state index >= 15 is 0 Å². The number of hydrogen-bond acceptors (Lipinski definition) is 9. The molecule has 4 aromatic heterocycles. The van der Waals surface area contributed by atoms with Crippen LogP contribution in [0.5, 0.6) is 0 Å². The Hall–Kier alpha value is -4.67. The van der Waals surface area contributed by atoms with Crippen LogP contribution >= 0.6 is 0 Å². The molecule has 0 saturated heterocycles. The predicted molar refractivity (Wildman–Crippen MR) is 123 cm³/mol. The lowest BCUT2D eigenvalue weighted by Crippen LogP contribution is -2.28. The summed E-state index contributed by atoms with van der Waals surface area (Å²) in [5, 5.41) is 13.6. The fraction of sp³-hybridized carbons (Fsp3) is 0.174. The second-order valence-corrected chi connectivity index (χ2v) is 6.93. The maximum absolute atomic E-state index is 12.2. The third kappa shape index (κ3) is 5.04. The van der Waals surface area contributed by atoms with Crippen LogP contribution in [0.4, 0.5) is 10.6 Å². The largest absolute Gasteiger partial charge is 0.462 e. The van der Waals surface area contributed by atoms with Gasteiger partial charge >= 0.3 is 12.0 Å². The van der Waals surface area contributed by atoms with Gasteiger partial charge in [0.05, 0.1) is 17.7 Å². The molecule has 0 aliphatic heterocycles. The maximum atomic E-state index is 12.2. The summed E-state index contributed by atoms with van der Waals surface area (Å²) in [5.41, 5.74) is 2.65. The van der Waals surface area contributed by atoms with Crippen molar-refractivity contribution in [3.8, 4) is 34.0 Å². The summed E-state index contributed by atoms with van der Waals surface area (Å²) < 4.78 is 11.0. The van der Waals surface area contributed by atoms with E-state index in [2.05, 4.69) is 35.8 Å². The second kappa shape index (κ2) is 10.3. The number of nitrogens with one attached hydrogen (secondary N) is 2. The molecule has 0 aliphatic carbocycles. The van der Waals surface area contributed by atoms with Crippen LogP contribution in [0.25, 0.3) is 34.0 Å². The molecule has 2 amide bonds. The molecule has 0 spiro atoms. The molecule has 34 heavy (non-hydrogen) atoms. The van der Waals surface area contributed by atoms with Gasteiger partial charge in [-0.1, -0.05) is 0 Å². The molecule has 0 radical (unpaired) electrons. The van der Waals surface area contributed by atoms with E-state index < -0.39 is 12.0 Å². The number of anilines is 1. The Balaban J connectivity index is 1.78. The molecule has 4 rings (SSSR count). The van der Waals surface area contributed by atoms with E-state index in [1.54, 1.807) is 56.0 Å². The van der Waals surface area contributed by atoms with Crippen molar-refractivity contribution in [3.05, 3.63) is 60.8 Å². The SMILES string of the molecule is CCNC(=O)Nc1cc(-c2nnc(-c3ccncc3)o2)c(-c2cncc(C(=O)OCC)c2)cn1. The fourth-order valence-electron chi connectivity index (χ4n) is 3.11. The van der Waals surface area contributed by atoms with Crippen LogP contribution in [0.1, 0.15) is 24.2 Å². The van der Waals surface area contributed by atoms with Crippen LogP contribution < -0.4 is 10.6 Å². The van der Waals surface area contributed by atoms with Crippen molar-refractivity contribution in [2.24, 2.45) is 0 Å². The smallest absolute Gasteiger partial charge is 0.339 e. The Morgan fingerprint density at radius 2 is 1.74 bits per heavy atom. The third-order valence-electron chi connectivity index (χ3n) is 4.63. The van der Waals surface area contributed by atoms with Crippen molar-refractivity contribution in [2.45, 2.75) is 13.8 Å². The molecule has 0 aliphatic rings. The first-order valence-electron chi connectivity index (χ1n) is 10.5. The number of aromatic nitrogens is 5.